The molecule has 4 heteroatoms. The summed E-state index contributed by atoms with van der Waals surface area (Å²) in [5.41, 5.74) is 0.357. The van der Waals surface area contributed by atoms with Crippen LogP contribution < -0.4 is 4.74 Å². The maximum absolute atomic E-state index is 14.0. The van der Waals surface area contributed by atoms with Crippen LogP contribution in [-0.4, -0.2) is 30.0 Å². The minimum atomic E-state index is -0.376. The van der Waals surface area contributed by atoms with Crippen molar-refractivity contribution >= 4 is 5.91 Å². The molecular weight excluding hydrogens is 269 g/mol. The Labute approximate surface area is 126 Å². The Morgan fingerprint density at radius 3 is 2.62 bits per heavy atom. The van der Waals surface area contributed by atoms with Crippen LogP contribution in [0.4, 0.5) is 4.39 Å². The van der Waals surface area contributed by atoms with Crippen LogP contribution in [0.3, 0.4) is 0 Å². The van der Waals surface area contributed by atoms with E-state index >= 15 is 0 Å². The van der Waals surface area contributed by atoms with Gasteiger partial charge in [0, 0.05) is 18.7 Å². The molecule has 1 aliphatic carbocycles. The van der Waals surface area contributed by atoms with Gasteiger partial charge in [0.15, 0.2) is 0 Å². The summed E-state index contributed by atoms with van der Waals surface area (Å²) in [5.74, 6) is 0.101. The van der Waals surface area contributed by atoms with Gasteiger partial charge in [-0.3, -0.25) is 4.79 Å². The second-order valence-corrected chi connectivity index (χ2v) is 6.02. The molecule has 0 saturated heterocycles. The first-order valence-electron chi connectivity index (χ1n) is 7.64. The molecule has 3 nitrogen and oxygen atoms in total. The molecule has 0 N–H and O–H groups in total. The van der Waals surface area contributed by atoms with E-state index in [1.807, 2.05) is 14.0 Å². The Kier molecular flexibility index (Phi) is 4.86. The molecule has 0 unspecified atom stereocenters. The SMILES string of the molecule is CCOc1ccc(CC(=O)N(C)C2(C)CCCC2)c(F)c1. The third kappa shape index (κ3) is 3.55. The molecule has 116 valence electrons. The van der Waals surface area contributed by atoms with Crippen molar-refractivity contribution in [3.8, 4) is 5.75 Å². The summed E-state index contributed by atoms with van der Waals surface area (Å²) in [6.45, 7) is 4.47. The first-order valence-corrected chi connectivity index (χ1v) is 7.64. The van der Waals surface area contributed by atoms with Gasteiger partial charge in [-0.2, -0.15) is 0 Å². The fraction of sp³-hybridized carbons (Fsp3) is 0.588. The van der Waals surface area contributed by atoms with Crippen LogP contribution in [0.15, 0.2) is 18.2 Å². The van der Waals surface area contributed by atoms with Crippen LogP contribution in [0.25, 0.3) is 0 Å². The highest BCUT2D eigenvalue weighted by Gasteiger charge is 2.35. The summed E-state index contributed by atoms with van der Waals surface area (Å²) in [6.07, 6.45) is 4.48. The Bertz CT molecular complexity index is 510. The average Bonchev–Trinajstić information content (AvgIpc) is 2.89. The van der Waals surface area contributed by atoms with Crippen LogP contribution in [0.2, 0.25) is 0 Å². The van der Waals surface area contributed by atoms with E-state index in [2.05, 4.69) is 6.92 Å². The molecule has 1 amide bonds. The van der Waals surface area contributed by atoms with Crippen molar-refractivity contribution in [2.45, 2.75) is 51.5 Å². The molecule has 0 aromatic heterocycles. The number of carbonyl (C=O) groups excluding carboxylic acids is 1. The lowest BCUT2D eigenvalue weighted by Gasteiger charge is -2.35. The first-order chi connectivity index (χ1) is 9.96. The van der Waals surface area contributed by atoms with E-state index in [0.717, 1.165) is 25.7 Å². The van der Waals surface area contributed by atoms with Gasteiger partial charge in [0.05, 0.1) is 13.0 Å². The minimum Gasteiger partial charge on any atom is -0.494 e. The predicted octanol–water partition coefficient (Wildman–Crippen LogP) is 3.56. The average molecular weight is 293 g/mol. The van der Waals surface area contributed by atoms with E-state index in [-0.39, 0.29) is 23.7 Å². The number of benzene rings is 1. The van der Waals surface area contributed by atoms with Crippen molar-refractivity contribution in [2.24, 2.45) is 0 Å². The van der Waals surface area contributed by atoms with Crippen LogP contribution in [0, 0.1) is 5.82 Å². The van der Waals surface area contributed by atoms with Gasteiger partial charge >= 0.3 is 0 Å². The topological polar surface area (TPSA) is 29.5 Å². The molecule has 0 atom stereocenters. The molecule has 1 aromatic rings. The number of carbonyl (C=O) groups is 1. The fourth-order valence-electron chi connectivity index (χ4n) is 2.98. The summed E-state index contributed by atoms with van der Waals surface area (Å²) in [7, 11) is 1.83. The lowest BCUT2D eigenvalue weighted by molar-refractivity contribution is -0.134. The van der Waals surface area contributed by atoms with Crippen molar-refractivity contribution in [3.05, 3.63) is 29.6 Å². The summed E-state index contributed by atoms with van der Waals surface area (Å²) in [4.78, 5) is 14.2. The van der Waals surface area contributed by atoms with Crippen molar-refractivity contribution in [1.82, 2.24) is 4.90 Å². The molecule has 1 saturated carbocycles. The minimum absolute atomic E-state index is 0.0255. The zero-order chi connectivity index (χ0) is 15.5. The standard InChI is InChI=1S/C17H24FNO2/c1-4-21-14-8-7-13(15(18)12-14)11-16(20)19(3)17(2)9-5-6-10-17/h7-8,12H,4-6,9-11H2,1-3H3. The molecule has 0 heterocycles. The van der Waals surface area contributed by atoms with Crippen molar-refractivity contribution < 1.29 is 13.9 Å². The van der Waals surface area contributed by atoms with E-state index in [0.29, 0.717) is 17.9 Å². The summed E-state index contributed by atoms with van der Waals surface area (Å²) < 4.78 is 19.3. The normalized spacial score (nSPS) is 16.8. The van der Waals surface area contributed by atoms with E-state index in [4.69, 9.17) is 4.74 Å². The van der Waals surface area contributed by atoms with Crippen molar-refractivity contribution in [3.63, 3.8) is 0 Å². The lowest BCUT2D eigenvalue weighted by Crippen LogP contribution is -2.45. The van der Waals surface area contributed by atoms with Crippen molar-refractivity contribution in [1.29, 1.82) is 0 Å². The van der Waals surface area contributed by atoms with Crippen LogP contribution in [0.5, 0.6) is 5.75 Å². The summed E-state index contributed by atoms with van der Waals surface area (Å²) >= 11 is 0. The number of ether oxygens (including phenoxy) is 1. The van der Waals surface area contributed by atoms with E-state index < -0.39 is 0 Å². The van der Waals surface area contributed by atoms with Gasteiger partial charge in [-0.05, 0) is 38.3 Å². The molecule has 1 aromatic carbocycles. The van der Waals surface area contributed by atoms with E-state index in [9.17, 15) is 9.18 Å². The molecule has 0 radical (unpaired) electrons. The number of likely N-dealkylation sites (N-methyl/N-ethyl adjacent to an activating group) is 1. The Balaban J connectivity index is 2.05. The Morgan fingerprint density at radius 2 is 2.05 bits per heavy atom. The number of hydrogen-bond donors (Lipinski definition) is 0. The Hall–Kier alpha value is -1.58. The molecule has 1 aliphatic rings. The highest BCUT2D eigenvalue weighted by Crippen LogP contribution is 2.34. The molecule has 0 bridgehead atoms. The smallest absolute Gasteiger partial charge is 0.227 e. The van der Waals surface area contributed by atoms with Crippen LogP contribution in [0.1, 0.15) is 45.1 Å². The van der Waals surface area contributed by atoms with Gasteiger partial charge in [-0.1, -0.05) is 18.9 Å². The van der Waals surface area contributed by atoms with Crippen LogP contribution >= 0.6 is 0 Å². The quantitative estimate of drug-likeness (QED) is 0.831. The maximum atomic E-state index is 14.0. The third-order valence-corrected chi connectivity index (χ3v) is 4.54. The predicted molar refractivity (Wildman–Crippen MR) is 80.9 cm³/mol. The fourth-order valence-corrected chi connectivity index (χ4v) is 2.98. The number of nitrogens with zero attached hydrogens (tertiary/aromatic N) is 1. The maximum Gasteiger partial charge on any atom is 0.227 e. The van der Waals surface area contributed by atoms with Gasteiger partial charge in [0.2, 0.25) is 5.91 Å². The first kappa shape index (κ1) is 15.8. The highest BCUT2D eigenvalue weighted by atomic mass is 19.1. The van der Waals surface area contributed by atoms with Gasteiger partial charge in [-0.25, -0.2) is 4.39 Å². The molecular formula is C17H24FNO2. The second-order valence-electron chi connectivity index (χ2n) is 6.02. The molecule has 1 fully saturated rings. The summed E-state index contributed by atoms with van der Waals surface area (Å²) in [6, 6.07) is 4.71. The van der Waals surface area contributed by atoms with Gasteiger partial charge < -0.3 is 9.64 Å². The number of rotatable bonds is 5. The van der Waals surface area contributed by atoms with Crippen molar-refractivity contribution in [2.75, 3.05) is 13.7 Å². The number of halogens is 1. The molecule has 2 rings (SSSR count). The Morgan fingerprint density at radius 1 is 1.38 bits per heavy atom. The van der Waals surface area contributed by atoms with Gasteiger partial charge in [0.25, 0.3) is 0 Å². The summed E-state index contributed by atoms with van der Waals surface area (Å²) in [5, 5.41) is 0. The van der Waals surface area contributed by atoms with E-state index in [1.165, 1.54) is 6.07 Å². The number of hydrogen-bond acceptors (Lipinski definition) is 2. The molecule has 0 aliphatic heterocycles. The van der Waals surface area contributed by atoms with Crippen LogP contribution in [-0.2, 0) is 11.2 Å². The third-order valence-electron chi connectivity index (χ3n) is 4.54. The zero-order valence-electron chi connectivity index (χ0n) is 13.1. The lowest BCUT2D eigenvalue weighted by atomic mass is 9.97. The molecule has 21 heavy (non-hydrogen) atoms. The molecule has 0 spiro atoms. The van der Waals surface area contributed by atoms with Gasteiger partial charge in [0.1, 0.15) is 11.6 Å². The number of amides is 1. The zero-order valence-corrected chi connectivity index (χ0v) is 13.1. The monoisotopic (exact) mass is 293 g/mol. The van der Waals surface area contributed by atoms with Gasteiger partial charge in [-0.15, -0.1) is 0 Å². The van der Waals surface area contributed by atoms with E-state index in [1.54, 1.807) is 17.0 Å². The largest absolute Gasteiger partial charge is 0.494 e. The highest BCUT2D eigenvalue weighted by molar-refractivity contribution is 5.79. The second kappa shape index (κ2) is 6.46.